The van der Waals surface area contributed by atoms with Crippen LogP contribution in [0.25, 0.3) is 38.1 Å². The highest BCUT2D eigenvalue weighted by atomic mass is 16.7. The van der Waals surface area contributed by atoms with Crippen LogP contribution in [0.15, 0.2) is 85.1 Å². The Balaban J connectivity index is 1.57. The second-order valence-corrected chi connectivity index (χ2v) is 9.75. The number of rotatable bonds is 2. The van der Waals surface area contributed by atoms with Gasteiger partial charge in [0.1, 0.15) is 0 Å². The van der Waals surface area contributed by atoms with Crippen molar-refractivity contribution in [2.75, 3.05) is 0 Å². The Morgan fingerprint density at radius 2 is 1.31 bits per heavy atom. The molecule has 1 saturated heterocycles. The summed E-state index contributed by atoms with van der Waals surface area (Å²) in [5.74, 6) is 0. The van der Waals surface area contributed by atoms with E-state index < -0.39 is 7.12 Å². The molecule has 0 amide bonds. The van der Waals surface area contributed by atoms with Gasteiger partial charge < -0.3 is 13.9 Å². The Morgan fingerprint density at radius 3 is 2.06 bits per heavy atom. The predicted molar refractivity (Wildman–Crippen MR) is 134 cm³/mol. The van der Waals surface area contributed by atoms with Gasteiger partial charge in [-0.15, -0.1) is 0 Å². The van der Waals surface area contributed by atoms with Crippen LogP contribution in [0.3, 0.4) is 0 Å². The maximum absolute atomic E-state index is 6.42. The van der Waals surface area contributed by atoms with Gasteiger partial charge in [0.05, 0.1) is 16.7 Å². The van der Waals surface area contributed by atoms with Crippen LogP contribution >= 0.6 is 0 Å². The monoisotopic (exact) mass is 419 g/mol. The Bertz CT molecular complexity index is 1480. The zero-order valence-electron chi connectivity index (χ0n) is 18.9. The van der Waals surface area contributed by atoms with E-state index >= 15 is 0 Å². The van der Waals surface area contributed by atoms with E-state index in [0.717, 1.165) is 11.2 Å². The molecule has 3 nitrogen and oxygen atoms in total. The Labute approximate surface area is 188 Å². The summed E-state index contributed by atoms with van der Waals surface area (Å²) in [5, 5.41) is 6.04. The summed E-state index contributed by atoms with van der Waals surface area (Å²) in [7, 11) is -0.390. The van der Waals surface area contributed by atoms with Crippen molar-refractivity contribution in [2.45, 2.75) is 38.9 Å². The first-order chi connectivity index (χ1) is 15.3. The largest absolute Gasteiger partial charge is 0.495 e. The molecule has 2 heterocycles. The van der Waals surface area contributed by atoms with E-state index in [4.69, 9.17) is 9.31 Å². The molecule has 0 radical (unpaired) electrons. The number of aromatic nitrogens is 1. The first-order valence-electron chi connectivity index (χ1n) is 11.2. The molecule has 0 bridgehead atoms. The van der Waals surface area contributed by atoms with Crippen LogP contribution in [-0.2, 0) is 9.31 Å². The minimum atomic E-state index is -0.390. The first-order valence-corrected chi connectivity index (χ1v) is 11.2. The predicted octanol–water partition coefficient (Wildman–Crippen LogP) is 6.24. The molecule has 0 N–H and O–H groups in total. The Kier molecular flexibility index (Phi) is 4.11. The van der Waals surface area contributed by atoms with Gasteiger partial charge in [-0.3, -0.25) is 0 Å². The van der Waals surface area contributed by atoms with Crippen LogP contribution in [0, 0.1) is 0 Å². The molecule has 0 aliphatic carbocycles. The molecule has 4 aromatic carbocycles. The van der Waals surface area contributed by atoms with Crippen molar-refractivity contribution in [1.29, 1.82) is 0 Å². The Morgan fingerprint density at radius 1 is 0.656 bits per heavy atom. The summed E-state index contributed by atoms with van der Waals surface area (Å²) in [6.45, 7) is 8.40. The average molecular weight is 419 g/mol. The van der Waals surface area contributed by atoms with Crippen LogP contribution < -0.4 is 5.46 Å². The molecular weight excluding hydrogens is 393 g/mol. The number of benzene rings is 4. The summed E-state index contributed by atoms with van der Waals surface area (Å²) in [4.78, 5) is 0. The molecule has 0 atom stereocenters. The number of fused-ring (bicyclic) bond motifs is 4. The second kappa shape index (κ2) is 6.71. The number of hydrogen-bond acceptors (Lipinski definition) is 2. The molecule has 5 aromatic rings. The van der Waals surface area contributed by atoms with E-state index in [-0.39, 0.29) is 11.2 Å². The average Bonchev–Trinajstić information content (AvgIpc) is 3.30. The smallest absolute Gasteiger partial charge is 0.399 e. The van der Waals surface area contributed by atoms with Gasteiger partial charge in [0.2, 0.25) is 0 Å². The van der Waals surface area contributed by atoms with E-state index in [9.17, 15) is 0 Å². The fourth-order valence-electron chi connectivity index (χ4n) is 4.74. The van der Waals surface area contributed by atoms with Crippen molar-refractivity contribution in [2.24, 2.45) is 0 Å². The van der Waals surface area contributed by atoms with Gasteiger partial charge in [-0.2, -0.15) is 0 Å². The summed E-state index contributed by atoms with van der Waals surface area (Å²) in [5.41, 5.74) is 2.71. The highest BCUT2D eigenvalue weighted by molar-refractivity contribution is 6.65. The van der Waals surface area contributed by atoms with Crippen LogP contribution in [-0.4, -0.2) is 22.9 Å². The summed E-state index contributed by atoms with van der Waals surface area (Å²) < 4.78 is 15.1. The molecule has 6 rings (SSSR count). The third-order valence-electron chi connectivity index (χ3n) is 7.24. The normalized spacial score (nSPS) is 17.6. The van der Waals surface area contributed by atoms with Crippen LogP contribution in [0.1, 0.15) is 27.7 Å². The third kappa shape index (κ3) is 2.83. The van der Waals surface area contributed by atoms with E-state index in [2.05, 4.69) is 117 Å². The highest BCUT2D eigenvalue weighted by Gasteiger charge is 2.52. The zero-order chi connectivity index (χ0) is 22.1. The fraction of sp³-hybridized carbons (Fsp3) is 0.214. The molecular formula is C28H26BNO2. The SMILES string of the molecule is CC1(C)OB(c2cc3ccn(-c4ccc5ccccc5c4)c3c3ccccc23)OC1(C)C. The van der Waals surface area contributed by atoms with Crippen molar-refractivity contribution in [3.63, 3.8) is 0 Å². The lowest BCUT2D eigenvalue weighted by atomic mass is 9.75. The first kappa shape index (κ1) is 19.6. The number of nitrogens with zero attached hydrogens (tertiary/aromatic N) is 1. The molecule has 1 aromatic heterocycles. The van der Waals surface area contributed by atoms with Crippen molar-refractivity contribution < 1.29 is 9.31 Å². The van der Waals surface area contributed by atoms with Gasteiger partial charge >= 0.3 is 7.12 Å². The van der Waals surface area contributed by atoms with Gasteiger partial charge in [-0.1, -0.05) is 60.7 Å². The van der Waals surface area contributed by atoms with Gasteiger partial charge in [-0.05, 0) is 67.5 Å². The van der Waals surface area contributed by atoms with Gasteiger partial charge in [0, 0.05) is 22.7 Å². The minimum absolute atomic E-state index is 0.370. The topological polar surface area (TPSA) is 23.4 Å². The maximum Gasteiger partial charge on any atom is 0.495 e. The summed E-state index contributed by atoms with van der Waals surface area (Å²) in [6, 6.07) is 28.1. The molecule has 32 heavy (non-hydrogen) atoms. The van der Waals surface area contributed by atoms with E-state index in [1.54, 1.807) is 0 Å². The Hall–Kier alpha value is -3.08. The lowest BCUT2D eigenvalue weighted by Crippen LogP contribution is -2.41. The van der Waals surface area contributed by atoms with Crippen molar-refractivity contribution >= 4 is 45.0 Å². The second-order valence-electron chi connectivity index (χ2n) is 9.75. The summed E-state index contributed by atoms with van der Waals surface area (Å²) in [6.07, 6.45) is 2.16. The molecule has 0 saturated carbocycles. The van der Waals surface area contributed by atoms with Gasteiger partial charge in [-0.25, -0.2) is 0 Å². The third-order valence-corrected chi connectivity index (χ3v) is 7.24. The van der Waals surface area contributed by atoms with Gasteiger partial charge in [0.15, 0.2) is 0 Å². The van der Waals surface area contributed by atoms with E-state index in [0.29, 0.717) is 0 Å². The number of hydrogen-bond donors (Lipinski definition) is 0. The summed E-state index contributed by atoms with van der Waals surface area (Å²) >= 11 is 0. The van der Waals surface area contributed by atoms with E-state index in [1.165, 1.54) is 32.4 Å². The molecule has 158 valence electrons. The molecule has 1 aliphatic heterocycles. The quantitative estimate of drug-likeness (QED) is 0.317. The van der Waals surface area contributed by atoms with Gasteiger partial charge in [0.25, 0.3) is 0 Å². The zero-order valence-corrected chi connectivity index (χ0v) is 18.9. The lowest BCUT2D eigenvalue weighted by molar-refractivity contribution is 0.00578. The van der Waals surface area contributed by atoms with Crippen LogP contribution in [0.5, 0.6) is 0 Å². The van der Waals surface area contributed by atoms with Crippen LogP contribution in [0.2, 0.25) is 0 Å². The standard InChI is InChI=1S/C28H26BNO2/c1-27(2)28(3,4)32-29(31-27)25-18-21-15-16-30(26(21)24-12-8-7-11-23(24)25)22-14-13-19-9-5-6-10-20(19)17-22/h5-18H,1-4H3. The molecule has 0 unspecified atom stereocenters. The van der Waals surface area contributed by atoms with Crippen molar-refractivity contribution in [3.05, 3.63) is 85.1 Å². The fourth-order valence-corrected chi connectivity index (χ4v) is 4.74. The van der Waals surface area contributed by atoms with Crippen molar-refractivity contribution in [1.82, 2.24) is 4.57 Å². The minimum Gasteiger partial charge on any atom is -0.399 e. The lowest BCUT2D eigenvalue weighted by Gasteiger charge is -2.32. The maximum atomic E-state index is 6.42. The van der Waals surface area contributed by atoms with E-state index in [1.807, 2.05) is 0 Å². The molecule has 1 aliphatic rings. The van der Waals surface area contributed by atoms with Crippen molar-refractivity contribution in [3.8, 4) is 5.69 Å². The molecule has 4 heteroatoms. The van der Waals surface area contributed by atoms with Crippen LogP contribution in [0.4, 0.5) is 0 Å². The molecule has 0 spiro atoms. The molecule has 1 fully saturated rings. The highest BCUT2D eigenvalue weighted by Crippen LogP contribution is 2.38.